The van der Waals surface area contributed by atoms with Gasteiger partial charge in [-0.05, 0) is 54.2 Å². The maximum absolute atomic E-state index is 12.8. The average molecular weight is 559 g/mol. The molecule has 0 radical (unpaired) electrons. The number of amidine groups is 1. The normalized spacial score (nSPS) is 18.3. The Hall–Kier alpha value is -3.31. The summed E-state index contributed by atoms with van der Waals surface area (Å²) in [6.07, 6.45) is 1.61. The Labute approximate surface area is 226 Å². The highest BCUT2D eigenvalue weighted by Gasteiger charge is 2.31. The number of halogens is 2. The quantitative estimate of drug-likeness (QED) is 0.207. The fourth-order valence-electron chi connectivity index (χ4n) is 3.89. The summed E-state index contributed by atoms with van der Waals surface area (Å²) in [7, 11) is 1.66. The van der Waals surface area contributed by atoms with Gasteiger partial charge in [0.25, 0.3) is 11.6 Å². The van der Waals surface area contributed by atoms with E-state index in [-0.39, 0.29) is 21.6 Å². The highest BCUT2D eigenvalue weighted by Crippen LogP contribution is 2.38. The molecule has 2 aromatic carbocycles. The Bertz CT molecular complexity index is 1430. The number of nitrogens with zero attached hydrogens (tertiary/aromatic N) is 4. The first-order chi connectivity index (χ1) is 17.8. The molecule has 5 rings (SSSR count). The number of anilines is 1. The molecule has 3 heterocycles. The second-order valence-electron chi connectivity index (χ2n) is 8.23. The van der Waals surface area contributed by atoms with Crippen molar-refractivity contribution in [2.75, 3.05) is 38.3 Å². The van der Waals surface area contributed by atoms with Crippen LogP contribution in [0, 0.1) is 10.1 Å². The van der Waals surface area contributed by atoms with Crippen molar-refractivity contribution in [3.8, 4) is 11.3 Å². The smallest absolute Gasteiger partial charge is 0.288 e. The van der Waals surface area contributed by atoms with E-state index in [1.54, 1.807) is 25.3 Å². The molecule has 1 amide bonds. The molecule has 1 aromatic heterocycles. The van der Waals surface area contributed by atoms with Gasteiger partial charge in [-0.1, -0.05) is 23.2 Å². The SMILES string of the molecule is CN1C(=O)/C(=C/c2ccc(-c3cc([N+](=O)[O-])c(Cl)cc3Cl)o2)SC1=Nc1ccc(N2CCOCC2)cc1. The van der Waals surface area contributed by atoms with E-state index in [4.69, 9.17) is 32.4 Å². The Morgan fingerprint density at radius 2 is 1.81 bits per heavy atom. The molecule has 0 unspecified atom stereocenters. The zero-order valence-electron chi connectivity index (χ0n) is 19.5. The van der Waals surface area contributed by atoms with Crippen LogP contribution in [0.15, 0.2) is 62.8 Å². The molecule has 190 valence electrons. The third-order valence-corrected chi connectivity index (χ3v) is 7.53. The molecular formula is C25H20Cl2N4O5S. The van der Waals surface area contributed by atoms with Crippen molar-refractivity contribution in [2.45, 2.75) is 0 Å². The second-order valence-corrected chi connectivity index (χ2v) is 10.1. The minimum Gasteiger partial charge on any atom is -0.457 e. The van der Waals surface area contributed by atoms with E-state index in [0.717, 1.165) is 24.5 Å². The molecule has 2 aliphatic heterocycles. The molecule has 0 aliphatic carbocycles. The van der Waals surface area contributed by atoms with Gasteiger partial charge in [0.1, 0.15) is 16.5 Å². The molecule has 0 bridgehead atoms. The van der Waals surface area contributed by atoms with Gasteiger partial charge in [0.05, 0.1) is 33.8 Å². The summed E-state index contributed by atoms with van der Waals surface area (Å²) in [5.41, 5.74) is 1.89. The number of likely N-dealkylation sites (N-methyl/N-ethyl adjacent to an activating group) is 1. The molecule has 3 aromatic rings. The molecule has 2 saturated heterocycles. The number of rotatable bonds is 5. The van der Waals surface area contributed by atoms with Crippen LogP contribution in [-0.4, -0.2) is 54.2 Å². The lowest BCUT2D eigenvalue weighted by atomic mass is 10.1. The standard InChI is InChI=1S/C25H20Cl2N4O5S/c1-29-24(32)23(37-25(29)28-15-2-4-16(5-3-15)30-8-10-35-11-9-30)12-17-6-7-22(36-17)18-13-21(31(33)34)20(27)14-19(18)26/h2-7,12-14H,8-11H2,1H3/b23-12-,28-25?. The summed E-state index contributed by atoms with van der Waals surface area (Å²) in [5.74, 6) is 0.491. The lowest BCUT2D eigenvalue weighted by Crippen LogP contribution is -2.36. The summed E-state index contributed by atoms with van der Waals surface area (Å²) >= 11 is 13.4. The first-order valence-electron chi connectivity index (χ1n) is 11.2. The Morgan fingerprint density at radius 1 is 1.08 bits per heavy atom. The number of hydrogen-bond acceptors (Lipinski definition) is 8. The predicted molar refractivity (Wildman–Crippen MR) is 146 cm³/mol. The monoisotopic (exact) mass is 558 g/mol. The van der Waals surface area contributed by atoms with Crippen molar-refractivity contribution < 1.29 is 18.9 Å². The summed E-state index contributed by atoms with van der Waals surface area (Å²) in [4.78, 5) is 32.3. The first-order valence-corrected chi connectivity index (χ1v) is 12.8. The fraction of sp³-hybridized carbons (Fsp3) is 0.200. The van der Waals surface area contributed by atoms with E-state index in [1.165, 1.54) is 28.8 Å². The van der Waals surface area contributed by atoms with E-state index >= 15 is 0 Å². The van der Waals surface area contributed by atoms with E-state index < -0.39 is 4.92 Å². The molecular weight excluding hydrogens is 539 g/mol. The van der Waals surface area contributed by atoms with Crippen LogP contribution >= 0.6 is 35.0 Å². The Balaban J connectivity index is 1.35. The Morgan fingerprint density at radius 3 is 2.51 bits per heavy atom. The lowest BCUT2D eigenvalue weighted by molar-refractivity contribution is -0.384. The van der Waals surface area contributed by atoms with E-state index in [9.17, 15) is 14.9 Å². The summed E-state index contributed by atoms with van der Waals surface area (Å²) < 4.78 is 11.2. The number of ether oxygens (including phenoxy) is 1. The molecule has 0 spiro atoms. The van der Waals surface area contributed by atoms with Gasteiger partial charge < -0.3 is 14.1 Å². The number of amides is 1. The third-order valence-electron chi connectivity index (χ3n) is 5.85. The number of hydrogen-bond donors (Lipinski definition) is 0. The maximum atomic E-state index is 12.8. The van der Waals surface area contributed by atoms with Gasteiger partial charge >= 0.3 is 0 Å². The molecule has 37 heavy (non-hydrogen) atoms. The molecule has 12 heteroatoms. The highest BCUT2D eigenvalue weighted by atomic mass is 35.5. The minimum atomic E-state index is -0.589. The second kappa shape index (κ2) is 10.6. The maximum Gasteiger partial charge on any atom is 0.288 e. The van der Waals surface area contributed by atoms with Gasteiger partial charge in [-0.3, -0.25) is 19.8 Å². The number of carbonyl (C=O) groups is 1. The largest absolute Gasteiger partial charge is 0.457 e. The van der Waals surface area contributed by atoms with E-state index in [0.29, 0.717) is 40.4 Å². The van der Waals surface area contributed by atoms with Crippen LogP contribution in [0.25, 0.3) is 17.4 Å². The highest BCUT2D eigenvalue weighted by molar-refractivity contribution is 8.18. The fourth-order valence-corrected chi connectivity index (χ4v) is 5.40. The zero-order valence-corrected chi connectivity index (χ0v) is 21.8. The number of carbonyl (C=O) groups excluding carboxylic acids is 1. The van der Waals surface area contributed by atoms with Crippen molar-refractivity contribution in [3.63, 3.8) is 0 Å². The van der Waals surface area contributed by atoms with Crippen LogP contribution in [0.5, 0.6) is 0 Å². The number of aliphatic imine (C=N–C) groups is 1. The first kappa shape index (κ1) is 25.3. The van der Waals surface area contributed by atoms with Crippen LogP contribution < -0.4 is 4.90 Å². The van der Waals surface area contributed by atoms with E-state index in [1.807, 2.05) is 24.3 Å². The van der Waals surface area contributed by atoms with Gasteiger partial charge in [0.15, 0.2) is 5.17 Å². The summed E-state index contributed by atoms with van der Waals surface area (Å²) in [6.45, 7) is 3.13. The molecule has 0 atom stereocenters. The van der Waals surface area contributed by atoms with Crippen molar-refractivity contribution in [1.29, 1.82) is 0 Å². The molecule has 0 N–H and O–H groups in total. The van der Waals surface area contributed by atoms with Gasteiger partial charge in [-0.2, -0.15) is 0 Å². The molecule has 2 fully saturated rings. The lowest BCUT2D eigenvalue weighted by Gasteiger charge is -2.28. The topological polar surface area (TPSA) is 101 Å². The van der Waals surface area contributed by atoms with Crippen LogP contribution in [0.4, 0.5) is 17.1 Å². The van der Waals surface area contributed by atoms with Crippen LogP contribution in [0.3, 0.4) is 0 Å². The Kier molecular flexibility index (Phi) is 7.25. The molecule has 9 nitrogen and oxygen atoms in total. The van der Waals surface area contributed by atoms with Crippen molar-refractivity contribution in [3.05, 3.63) is 79.4 Å². The third kappa shape index (κ3) is 5.37. The predicted octanol–water partition coefficient (Wildman–Crippen LogP) is 6.23. The van der Waals surface area contributed by atoms with Crippen LogP contribution in [0.1, 0.15) is 5.76 Å². The van der Waals surface area contributed by atoms with Gasteiger partial charge in [-0.15, -0.1) is 0 Å². The number of morpholine rings is 1. The van der Waals surface area contributed by atoms with Crippen molar-refractivity contribution in [2.24, 2.45) is 4.99 Å². The molecule has 0 saturated carbocycles. The number of furan rings is 1. The van der Waals surface area contributed by atoms with Crippen molar-refractivity contribution in [1.82, 2.24) is 4.90 Å². The number of nitro groups is 1. The zero-order chi connectivity index (χ0) is 26.1. The van der Waals surface area contributed by atoms with Gasteiger partial charge in [0, 0.05) is 43.5 Å². The summed E-state index contributed by atoms with van der Waals surface area (Å²) in [5, 5.41) is 11.9. The molecule has 2 aliphatic rings. The van der Waals surface area contributed by atoms with E-state index in [2.05, 4.69) is 9.89 Å². The average Bonchev–Trinajstić information content (AvgIpc) is 3.45. The van der Waals surface area contributed by atoms with Crippen LogP contribution in [0.2, 0.25) is 10.0 Å². The minimum absolute atomic E-state index is 0.0637. The van der Waals surface area contributed by atoms with Gasteiger partial charge in [-0.25, -0.2) is 4.99 Å². The van der Waals surface area contributed by atoms with Crippen molar-refractivity contribution >= 4 is 69.2 Å². The summed E-state index contributed by atoms with van der Waals surface area (Å²) in [6, 6.07) is 13.7. The number of benzene rings is 2. The van der Waals surface area contributed by atoms with Crippen LogP contribution in [-0.2, 0) is 9.53 Å². The van der Waals surface area contributed by atoms with Gasteiger partial charge in [0.2, 0.25) is 0 Å². The number of thioether (sulfide) groups is 1. The number of nitro benzene ring substituents is 1.